The first-order valence-electron chi connectivity index (χ1n) is 9.21. The molecular weight excluding hydrogens is 466 g/mol. The number of halogens is 1. The molecule has 0 aliphatic heterocycles. The molecule has 0 spiro atoms. The maximum Gasteiger partial charge on any atom is 0.338 e. The molecule has 0 saturated carbocycles. The van der Waals surface area contributed by atoms with Gasteiger partial charge in [0.05, 0.1) is 16.1 Å². The molecule has 168 valence electrons. The molecule has 12 heteroatoms. The van der Waals surface area contributed by atoms with Crippen molar-refractivity contribution in [1.82, 2.24) is 4.31 Å². The first-order chi connectivity index (χ1) is 14.5. The zero-order valence-electron chi connectivity index (χ0n) is 17.0. The molecule has 1 heterocycles. The van der Waals surface area contributed by atoms with Gasteiger partial charge in [0.15, 0.2) is 6.10 Å². The van der Waals surface area contributed by atoms with E-state index in [2.05, 4.69) is 5.32 Å². The molecule has 9 nitrogen and oxygen atoms in total. The van der Waals surface area contributed by atoms with Crippen molar-refractivity contribution >= 4 is 55.7 Å². The van der Waals surface area contributed by atoms with E-state index in [-0.39, 0.29) is 39.1 Å². The molecule has 0 radical (unpaired) electrons. The number of nitrogens with zero attached hydrogens (tertiary/aromatic N) is 1. The summed E-state index contributed by atoms with van der Waals surface area (Å²) in [5.74, 6) is -2.29. The summed E-state index contributed by atoms with van der Waals surface area (Å²) in [6.45, 7) is 5.18. The van der Waals surface area contributed by atoms with E-state index in [1.165, 1.54) is 29.4 Å². The van der Waals surface area contributed by atoms with Crippen molar-refractivity contribution in [3.63, 3.8) is 0 Å². The molecule has 2 amide bonds. The number of rotatable bonds is 9. The number of carbonyl (C=O) groups is 3. The van der Waals surface area contributed by atoms with Crippen LogP contribution in [0.15, 0.2) is 34.5 Å². The molecule has 1 aromatic heterocycles. The lowest BCUT2D eigenvalue weighted by Gasteiger charge is -2.19. The van der Waals surface area contributed by atoms with Crippen LogP contribution in [-0.2, 0) is 19.6 Å². The number of hydrogen-bond acceptors (Lipinski definition) is 7. The summed E-state index contributed by atoms with van der Waals surface area (Å²) in [7, 11) is -3.91. The first kappa shape index (κ1) is 24.8. The lowest BCUT2D eigenvalue weighted by atomic mass is 10.2. The highest BCUT2D eigenvalue weighted by Crippen LogP contribution is 2.27. The molecule has 2 aromatic rings. The Hall–Kier alpha value is -2.47. The van der Waals surface area contributed by atoms with Crippen LogP contribution in [0.2, 0.25) is 5.02 Å². The summed E-state index contributed by atoms with van der Waals surface area (Å²) in [6.07, 6.45) is -1.23. The standard InChI is InChI=1S/C19H22ClN3O6S2/c1-4-23(5-2)31(27,28)15-10-12(6-7-14(15)20)19(26)29-11(3)17(25)22-18-13(16(21)24)8-9-30-18/h6-11H,4-5H2,1-3H3,(H2,21,24)(H,22,25). The average Bonchev–Trinajstić information content (AvgIpc) is 3.17. The minimum atomic E-state index is -3.91. The number of hydrogen-bond donors (Lipinski definition) is 2. The van der Waals surface area contributed by atoms with Crippen LogP contribution in [0.1, 0.15) is 41.5 Å². The van der Waals surface area contributed by atoms with E-state index in [4.69, 9.17) is 22.1 Å². The predicted molar refractivity (Wildman–Crippen MR) is 118 cm³/mol. The molecule has 1 aromatic carbocycles. The fourth-order valence-corrected chi connectivity index (χ4v) is 5.38. The molecule has 0 aliphatic rings. The minimum absolute atomic E-state index is 0.0362. The van der Waals surface area contributed by atoms with Gasteiger partial charge in [-0.2, -0.15) is 4.31 Å². The second kappa shape index (κ2) is 10.2. The van der Waals surface area contributed by atoms with Crippen molar-refractivity contribution in [1.29, 1.82) is 0 Å². The third-order valence-corrected chi connectivity index (χ3v) is 7.67. The molecule has 1 unspecified atom stereocenters. The highest BCUT2D eigenvalue weighted by atomic mass is 35.5. The van der Waals surface area contributed by atoms with Gasteiger partial charge in [-0.15, -0.1) is 11.3 Å². The van der Waals surface area contributed by atoms with E-state index in [9.17, 15) is 22.8 Å². The summed E-state index contributed by atoms with van der Waals surface area (Å²) in [6, 6.07) is 5.17. The van der Waals surface area contributed by atoms with Crippen molar-refractivity contribution in [3.8, 4) is 0 Å². The van der Waals surface area contributed by atoms with Gasteiger partial charge in [0.1, 0.15) is 9.90 Å². The first-order valence-corrected chi connectivity index (χ1v) is 11.9. The van der Waals surface area contributed by atoms with Gasteiger partial charge >= 0.3 is 5.97 Å². The Bertz CT molecular complexity index is 1100. The van der Waals surface area contributed by atoms with E-state index < -0.39 is 33.9 Å². The molecule has 0 aliphatic carbocycles. The van der Waals surface area contributed by atoms with E-state index >= 15 is 0 Å². The van der Waals surface area contributed by atoms with Crippen molar-refractivity contribution < 1.29 is 27.5 Å². The summed E-state index contributed by atoms with van der Waals surface area (Å²) >= 11 is 7.15. The maximum absolute atomic E-state index is 12.8. The lowest BCUT2D eigenvalue weighted by Crippen LogP contribution is -2.31. The topological polar surface area (TPSA) is 136 Å². The number of thiophene rings is 1. The molecule has 1 atom stereocenters. The molecule has 2 rings (SSSR count). The molecule has 31 heavy (non-hydrogen) atoms. The zero-order chi connectivity index (χ0) is 23.3. The predicted octanol–water partition coefficient (Wildman–Crippen LogP) is 2.71. The Kier molecular flexibility index (Phi) is 8.18. The van der Waals surface area contributed by atoms with E-state index in [0.717, 1.165) is 17.4 Å². The number of anilines is 1. The Morgan fingerprint density at radius 3 is 2.45 bits per heavy atom. The monoisotopic (exact) mass is 487 g/mol. The number of carbonyl (C=O) groups excluding carboxylic acids is 3. The summed E-state index contributed by atoms with van der Waals surface area (Å²) in [4.78, 5) is 36.0. The number of benzene rings is 1. The lowest BCUT2D eigenvalue weighted by molar-refractivity contribution is -0.123. The molecule has 0 fully saturated rings. The van der Waals surface area contributed by atoms with Crippen molar-refractivity contribution in [2.24, 2.45) is 5.73 Å². The number of nitrogens with two attached hydrogens (primary N) is 1. The highest BCUT2D eigenvalue weighted by Gasteiger charge is 2.27. The second-order valence-electron chi connectivity index (χ2n) is 6.30. The Morgan fingerprint density at radius 2 is 1.87 bits per heavy atom. The zero-order valence-corrected chi connectivity index (χ0v) is 19.4. The SMILES string of the molecule is CCN(CC)S(=O)(=O)c1cc(C(=O)OC(C)C(=O)Nc2sccc2C(N)=O)ccc1Cl. The number of primary amides is 1. The maximum atomic E-state index is 12.8. The van der Waals surface area contributed by atoms with Crippen LogP contribution in [0.5, 0.6) is 0 Å². The van der Waals surface area contributed by atoms with Crippen LogP contribution in [0, 0.1) is 0 Å². The van der Waals surface area contributed by atoms with E-state index in [1.54, 1.807) is 19.2 Å². The van der Waals surface area contributed by atoms with Gasteiger partial charge in [-0.3, -0.25) is 9.59 Å². The van der Waals surface area contributed by atoms with Crippen LogP contribution in [0.4, 0.5) is 5.00 Å². The van der Waals surface area contributed by atoms with Gasteiger partial charge in [-0.05, 0) is 36.6 Å². The van der Waals surface area contributed by atoms with Crippen molar-refractivity contribution in [2.45, 2.75) is 31.8 Å². The molecule has 0 saturated heterocycles. The van der Waals surface area contributed by atoms with Gasteiger partial charge in [-0.25, -0.2) is 13.2 Å². The number of sulfonamides is 1. The van der Waals surface area contributed by atoms with Crippen LogP contribution in [0.25, 0.3) is 0 Å². The largest absolute Gasteiger partial charge is 0.449 e. The molecule has 3 N–H and O–H groups in total. The number of ether oxygens (including phenoxy) is 1. The van der Waals surface area contributed by atoms with Crippen molar-refractivity contribution in [2.75, 3.05) is 18.4 Å². The summed E-state index contributed by atoms with van der Waals surface area (Å²) in [5, 5.41) is 4.26. The van der Waals surface area contributed by atoms with Gasteiger partial charge in [0.25, 0.3) is 11.8 Å². The minimum Gasteiger partial charge on any atom is -0.449 e. The second-order valence-corrected chi connectivity index (χ2v) is 9.53. The van der Waals surface area contributed by atoms with Crippen molar-refractivity contribution in [3.05, 3.63) is 45.8 Å². The summed E-state index contributed by atoms with van der Waals surface area (Å²) < 4.78 is 31.9. The summed E-state index contributed by atoms with van der Waals surface area (Å²) in [5.41, 5.74) is 5.30. The number of nitrogens with one attached hydrogen (secondary N) is 1. The smallest absolute Gasteiger partial charge is 0.338 e. The third-order valence-electron chi connectivity index (χ3n) is 4.31. The van der Waals surface area contributed by atoms with Crippen LogP contribution >= 0.6 is 22.9 Å². The van der Waals surface area contributed by atoms with E-state index in [0.29, 0.717) is 0 Å². The van der Waals surface area contributed by atoms with Gasteiger partial charge in [-0.1, -0.05) is 25.4 Å². The van der Waals surface area contributed by atoms with Gasteiger partial charge < -0.3 is 15.8 Å². The third kappa shape index (κ3) is 5.62. The van der Waals surface area contributed by atoms with Crippen LogP contribution in [-0.4, -0.2) is 49.7 Å². The van der Waals surface area contributed by atoms with Crippen LogP contribution < -0.4 is 11.1 Å². The Labute approximate surface area is 189 Å². The number of esters is 1. The normalized spacial score (nSPS) is 12.4. The van der Waals surface area contributed by atoms with Gasteiger partial charge in [0, 0.05) is 13.1 Å². The Morgan fingerprint density at radius 1 is 1.23 bits per heavy atom. The fraction of sp³-hybridized carbons (Fsp3) is 0.316. The Balaban J connectivity index is 2.19. The quantitative estimate of drug-likeness (QED) is 0.522. The number of amides is 2. The van der Waals surface area contributed by atoms with E-state index in [1.807, 2.05) is 0 Å². The highest BCUT2D eigenvalue weighted by molar-refractivity contribution is 7.89. The molecular formula is C19H22ClN3O6S2. The van der Waals surface area contributed by atoms with Gasteiger partial charge in [0.2, 0.25) is 10.0 Å². The molecule has 0 bridgehead atoms. The average molecular weight is 488 g/mol. The fourth-order valence-electron chi connectivity index (χ4n) is 2.63. The van der Waals surface area contributed by atoms with Crippen LogP contribution in [0.3, 0.4) is 0 Å².